The van der Waals surface area contributed by atoms with Crippen LogP contribution in [0.4, 0.5) is 0 Å². The van der Waals surface area contributed by atoms with Gasteiger partial charge in [0.05, 0.1) is 17.4 Å². The Labute approximate surface area is 114 Å². The fourth-order valence-electron chi connectivity index (χ4n) is 2.22. The van der Waals surface area contributed by atoms with E-state index < -0.39 is 0 Å². The van der Waals surface area contributed by atoms with Crippen LogP contribution in [-0.4, -0.2) is 15.6 Å². The van der Waals surface area contributed by atoms with Gasteiger partial charge in [0.15, 0.2) is 5.78 Å². The van der Waals surface area contributed by atoms with Gasteiger partial charge in [-0.1, -0.05) is 44.9 Å². The van der Waals surface area contributed by atoms with Gasteiger partial charge in [-0.2, -0.15) is 5.10 Å². The second kappa shape index (κ2) is 6.32. The summed E-state index contributed by atoms with van der Waals surface area (Å²) < 4.78 is 1.75. The molecule has 0 saturated carbocycles. The molecule has 1 aromatic heterocycles. The molecule has 19 heavy (non-hydrogen) atoms. The van der Waals surface area contributed by atoms with E-state index in [4.69, 9.17) is 0 Å². The number of aromatic nitrogens is 2. The summed E-state index contributed by atoms with van der Waals surface area (Å²) in [5.74, 6) is 0.626. The van der Waals surface area contributed by atoms with E-state index in [9.17, 15) is 4.79 Å². The van der Waals surface area contributed by atoms with Crippen LogP contribution < -0.4 is 0 Å². The van der Waals surface area contributed by atoms with Gasteiger partial charge in [0.2, 0.25) is 0 Å². The lowest BCUT2D eigenvalue weighted by molar-refractivity contribution is 0.0962. The van der Waals surface area contributed by atoms with Gasteiger partial charge in [-0.3, -0.25) is 4.79 Å². The van der Waals surface area contributed by atoms with Crippen LogP contribution in [0.15, 0.2) is 42.7 Å². The number of rotatable bonds is 6. The van der Waals surface area contributed by atoms with Crippen molar-refractivity contribution >= 4 is 5.78 Å². The van der Waals surface area contributed by atoms with Gasteiger partial charge in [0.25, 0.3) is 0 Å². The molecule has 3 nitrogen and oxygen atoms in total. The maximum absolute atomic E-state index is 12.1. The third-order valence-electron chi connectivity index (χ3n) is 3.24. The average Bonchev–Trinajstić information content (AvgIpc) is 2.89. The molecular weight excluding hydrogens is 236 g/mol. The van der Waals surface area contributed by atoms with Gasteiger partial charge in [0.1, 0.15) is 0 Å². The Balaban J connectivity index is 2.07. The molecule has 1 atom stereocenters. The van der Waals surface area contributed by atoms with Crippen LogP contribution >= 0.6 is 0 Å². The van der Waals surface area contributed by atoms with Crippen LogP contribution in [0, 0.1) is 5.92 Å². The third kappa shape index (κ3) is 3.53. The van der Waals surface area contributed by atoms with Gasteiger partial charge >= 0.3 is 0 Å². The molecule has 1 heterocycles. The first kappa shape index (κ1) is 13.5. The molecule has 0 aliphatic rings. The summed E-state index contributed by atoms with van der Waals surface area (Å²) in [6.07, 6.45) is 6.30. The van der Waals surface area contributed by atoms with Crippen molar-refractivity contribution in [2.24, 2.45) is 5.92 Å². The quantitative estimate of drug-likeness (QED) is 0.735. The van der Waals surface area contributed by atoms with Crippen LogP contribution in [-0.2, 0) is 0 Å². The zero-order chi connectivity index (χ0) is 13.7. The molecule has 0 fully saturated rings. The van der Waals surface area contributed by atoms with Crippen molar-refractivity contribution in [1.82, 2.24) is 9.78 Å². The first-order valence-electron chi connectivity index (χ1n) is 6.84. The summed E-state index contributed by atoms with van der Waals surface area (Å²) in [6, 6.07) is 9.83. The number of carbonyl (C=O) groups is 1. The van der Waals surface area contributed by atoms with Crippen LogP contribution in [0.1, 0.15) is 43.5 Å². The number of para-hydroxylation sites is 1. The van der Waals surface area contributed by atoms with E-state index >= 15 is 0 Å². The molecule has 2 rings (SSSR count). The molecule has 0 N–H and O–H groups in total. The second-order valence-corrected chi connectivity index (χ2v) is 5.03. The zero-order valence-electron chi connectivity index (χ0n) is 11.5. The van der Waals surface area contributed by atoms with Crippen molar-refractivity contribution in [1.29, 1.82) is 0 Å². The highest BCUT2D eigenvalue weighted by Gasteiger charge is 2.13. The lowest BCUT2D eigenvalue weighted by atomic mass is 9.97. The van der Waals surface area contributed by atoms with Crippen LogP contribution in [0.5, 0.6) is 0 Å². The van der Waals surface area contributed by atoms with Crippen molar-refractivity contribution in [2.75, 3.05) is 0 Å². The molecule has 0 radical (unpaired) electrons. The fourth-order valence-corrected chi connectivity index (χ4v) is 2.22. The topological polar surface area (TPSA) is 34.9 Å². The van der Waals surface area contributed by atoms with Crippen molar-refractivity contribution in [3.05, 3.63) is 48.3 Å². The minimum atomic E-state index is 0.183. The molecule has 0 aliphatic heterocycles. The van der Waals surface area contributed by atoms with Crippen LogP contribution in [0.3, 0.4) is 0 Å². The zero-order valence-corrected chi connectivity index (χ0v) is 11.5. The van der Waals surface area contributed by atoms with Crippen molar-refractivity contribution in [2.45, 2.75) is 33.1 Å². The van der Waals surface area contributed by atoms with E-state index in [1.807, 2.05) is 36.5 Å². The average molecular weight is 256 g/mol. The Kier molecular flexibility index (Phi) is 4.50. The highest BCUT2D eigenvalue weighted by Crippen LogP contribution is 2.15. The molecule has 2 aromatic rings. The first-order valence-corrected chi connectivity index (χ1v) is 6.84. The van der Waals surface area contributed by atoms with E-state index in [0.717, 1.165) is 18.5 Å². The Morgan fingerprint density at radius 1 is 1.32 bits per heavy atom. The normalized spacial score (nSPS) is 12.3. The van der Waals surface area contributed by atoms with Crippen molar-refractivity contribution in [3.63, 3.8) is 0 Å². The van der Waals surface area contributed by atoms with E-state index in [-0.39, 0.29) is 5.78 Å². The van der Waals surface area contributed by atoms with Gasteiger partial charge in [-0.15, -0.1) is 0 Å². The van der Waals surface area contributed by atoms with Crippen LogP contribution in [0.2, 0.25) is 0 Å². The van der Waals surface area contributed by atoms with Gasteiger partial charge < -0.3 is 0 Å². The van der Waals surface area contributed by atoms with Crippen LogP contribution in [0.25, 0.3) is 5.69 Å². The molecule has 0 spiro atoms. The summed E-state index contributed by atoms with van der Waals surface area (Å²) in [4.78, 5) is 12.1. The Hall–Kier alpha value is -1.90. The minimum Gasteiger partial charge on any atom is -0.294 e. The molecular formula is C16H20N2O. The summed E-state index contributed by atoms with van der Waals surface area (Å²) in [5.41, 5.74) is 1.68. The van der Waals surface area contributed by atoms with Gasteiger partial charge in [-0.25, -0.2) is 4.68 Å². The minimum absolute atomic E-state index is 0.183. The summed E-state index contributed by atoms with van der Waals surface area (Å²) in [7, 11) is 0. The Morgan fingerprint density at radius 3 is 2.74 bits per heavy atom. The largest absolute Gasteiger partial charge is 0.294 e. The number of benzene rings is 1. The Bertz CT molecular complexity index is 531. The lowest BCUT2D eigenvalue weighted by Gasteiger charge is -2.07. The van der Waals surface area contributed by atoms with Gasteiger partial charge in [0, 0.05) is 12.6 Å². The fraction of sp³-hybridized carbons (Fsp3) is 0.375. The summed E-state index contributed by atoms with van der Waals surface area (Å²) in [5, 5.41) is 4.26. The van der Waals surface area contributed by atoms with Crippen molar-refractivity contribution < 1.29 is 4.79 Å². The predicted molar refractivity (Wildman–Crippen MR) is 76.6 cm³/mol. The summed E-state index contributed by atoms with van der Waals surface area (Å²) >= 11 is 0. The molecule has 0 bridgehead atoms. The number of Topliss-reactive ketones (excluding diaryl/α,β-unsaturated/α-hetero) is 1. The standard InChI is InChI=1S/C16H20N2O/c1-3-7-13(2)10-16(19)14-11-17-18(12-14)15-8-5-4-6-9-15/h4-6,8-9,11-13H,3,7,10H2,1-2H3. The molecule has 100 valence electrons. The smallest absolute Gasteiger partial charge is 0.166 e. The highest BCUT2D eigenvalue weighted by atomic mass is 16.1. The SMILES string of the molecule is CCCC(C)CC(=O)c1cnn(-c2ccccc2)c1. The van der Waals surface area contributed by atoms with Crippen molar-refractivity contribution in [3.8, 4) is 5.69 Å². The number of carbonyl (C=O) groups excluding carboxylic acids is 1. The lowest BCUT2D eigenvalue weighted by Crippen LogP contribution is -2.05. The molecule has 1 unspecified atom stereocenters. The number of ketones is 1. The first-order chi connectivity index (χ1) is 9.20. The van der Waals surface area contributed by atoms with Gasteiger partial charge in [-0.05, 0) is 18.1 Å². The van der Waals surface area contributed by atoms with E-state index in [1.165, 1.54) is 0 Å². The molecule has 0 aliphatic carbocycles. The molecule has 1 aromatic carbocycles. The maximum Gasteiger partial charge on any atom is 0.166 e. The molecule has 0 saturated heterocycles. The Morgan fingerprint density at radius 2 is 2.05 bits per heavy atom. The summed E-state index contributed by atoms with van der Waals surface area (Å²) in [6.45, 7) is 4.28. The number of hydrogen-bond acceptors (Lipinski definition) is 2. The maximum atomic E-state index is 12.1. The molecule has 3 heteroatoms. The van der Waals surface area contributed by atoms with E-state index in [1.54, 1.807) is 10.9 Å². The third-order valence-corrected chi connectivity index (χ3v) is 3.24. The highest BCUT2D eigenvalue weighted by molar-refractivity contribution is 5.95. The number of nitrogens with zero attached hydrogens (tertiary/aromatic N) is 2. The monoisotopic (exact) mass is 256 g/mol. The van der Waals surface area contributed by atoms with E-state index in [0.29, 0.717) is 17.9 Å². The number of hydrogen-bond donors (Lipinski definition) is 0. The van der Waals surface area contributed by atoms with E-state index in [2.05, 4.69) is 18.9 Å². The predicted octanol–water partition coefficient (Wildman–Crippen LogP) is 3.88. The molecule has 0 amide bonds. The second-order valence-electron chi connectivity index (χ2n) is 5.03.